The first-order valence-electron chi connectivity index (χ1n) is 8.37. The molecule has 0 unspecified atom stereocenters. The summed E-state index contributed by atoms with van der Waals surface area (Å²) in [6.45, 7) is 6.56. The molecule has 0 aliphatic carbocycles. The van der Waals surface area contributed by atoms with Gasteiger partial charge in [-0.15, -0.1) is 11.3 Å². The molecule has 1 aromatic heterocycles. The Hall–Kier alpha value is -2.38. The van der Waals surface area contributed by atoms with Gasteiger partial charge < -0.3 is 0 Å². The number of hydrogen-bond donors (Lipinski definition) is 0. The van der Waals surface area contributed by atoms with Gasteiger partial charge in [-0.1, -0.05) is 35.9 Å². The molecule has 0 amide bonds. The molecule has 0 aliphatic rings. The minimum Gasteiger partial charge on any atom is -0.135 e. The Balaban J connectivity index is 1.97. The van der Waals surface area contributed by atoms with Gasteiger partial charge in [0.1, 0.15) is 0 Å². The van der Waals surface area contributed by atoms with Crippen molar-refractivity contribution in [3.05, 3.63) is 71.3 Å². The third kappa shape index (κ3) is 1.91. The van der Waals surface area contributed by atoms with E-state index < -0.39 is 0 Å². The quantitative estimate of drug-likeness (QED) is 0.262. The van der Waals surface area contributed by atoms with Crippen LogP contribution in [0.3, 0.4) is 0 Å². The maximum atomic E-state index is 2.38. The van der Waals surface area contributed by atoms with E-state index >= 15 is 0 Å². The zero-order valence-electron chi connectivity index (χ0n) is 14.1. The molecule has 0 fully saturated rings. The fourth-order valence-electron chi connectivity index (χ4n) is 3.70. The van der Waals surface area contributed by atoms with Crippen LogP contribution in [0.25, 0.3) is 41.7 Å². The summed E-state index contributed by atoms with van der Waals surface area (Å²) < 4.78 is 2.79. The van der Waals surface area contributed by atoms with Gasteiger partial charge in [0, 0.05) is 25.6 Å². The number of thiophene rings is 1. The smallest absolute Gasteiger partial charge is 0.0434 e. The van der Waals surface area contributed by atoms with Gasteiger partial charge in [0.2, 0.25) is 0 Å². The average molecular weight is 326 g/mol. The minimum absolute atomic E-state index is 1.33. The maximum Gasteiger partial charge on any atom is 0.0434 e. The van der Waals surface area contributed by atoms with Crippen molar-refractivity contribution in [3.8, 4) is 0 Å². The molecule has 0 bridgehead atoms. The second kappa shape index (κ2) is 4.81. The molecule has 5 aromatic rings. The van der Waals surface area contributed by atoms with Crippen LogP contribution in [0, 0.1) is 20.8 Å². The zero-order valence-corrected chi connectivity index (χ0v) is 14.9. The fraction of sp³-hybridized carbons (Fsp3) is 0.130. The summed E-state index contributed by atoms with van der Waals surface area (Å²) in [5.41, 5.74) is 4.05. The Morgan fingerprint density at radius 1 is 0.583 bits per heavy atom. The Morgan fingerprint density at radius 2 is 1.33 bits per heavy atom. The lowest BCUT2D eigenvalue weighted by molar-refractivity contribution is 1.37. The number of fused-ring (bicyclic) bond motifs is 6. The van der Waals surface area contributed by atoms with Crippen LogP contribution in [-0.4, -0.2) is 0 Å². The summed E-state index contributed by atoms with van der Waals surface area (Å²) >= 11 is 1.92. The van der Waals surface area contributed by atoms with E-state index in [0.717, 1.165) is 0 Å². The summed E-state index contributed by atoms with van der Waals surface area (Å²) in [7, 11) is 0. The van der Waals surface area contributed by atoms with Crippen LogP contribution in [0.5, 0.6) is 0 Å². The SMILES string of the molecule is Cc1ccc2sc3c4cc5cc(C)c(C)cc5cc4ccc3c2c1. The standard InChI is InChI=1S/C23H18S/c1-13-4-7-22-21(8-13)19-6-5-16-11-17-9-14(2)15(3)10-18(17)12-20(16)23(19)24-22/h4-12H,1-3H3. The first-order valence-corrected chi connectivity index (χ1v) is 9.18. The molecule has 24 heavy (non-hydrogen) atoms. The van der Waals surface area contributed by atoms with Crippen LogP contribution in [-0.2, 0) is 0 Å². The highest BCUT2D eigenvalue weighted by atomic mass is 32.1. The second-order valence-corrected chi connectivity index (χ2v) is 7.95. The van der Waals surface area contributed by atoms with Crippen LogP contribution in [0.1, 0.15) is 16.7 Å². The van der Waals surface area contributed by atoms with Crippen molar-refractivity contribution in [2.24, 2.45) is 0 Å². The van der Waals surface area contributed by atoms with E-state index in [1.54, 1.807) is 0 Å². The van der Waals surface area contributed by atoms with Crippen LogP contribution in [0.15, 0.2) is 54.6 Å². The molecule has 0 N–H and O–H groups in total. The van der Waals surface area contributed by atoms with Crippen LogP contribution in [0.2, 0.25) is 0 Å². The molecule has 1 heterocycles. The van der Waals surface area contributed by atoms with Gasteiger partial charge in [0.25, 0.3) is 0 Å². The molecule has 116 valence electrons. The topological polar surface area (TPSA) is 0 Å². The van der Waals surface area contributed by atoms with E-state index in [1.165, 1.54) is 58.4 Å². The lowest BCUT2D eigenvalue weighted by Gasteiger charge is -2.07. The molecule has 0 atom stereocenters. The van der Waals surface area contributed by atoms with Gasteiger partial charge >= 0.3 is 0 Å². The molecule has 0 saturated carbocycles. The van der Waals surface area contributed by atoms with Crippen molar-refractivity contribution in [3.63, 3.8) is 0 Å². The Kier molecular flexibility index (Phi) is 2.81. The van der Waals surface area contributed by atoms with Crippen molar-refractivity contribution >= 4 is 53.1 Å². The van der Waals surface area contributed by atoms with Gasteiger partial charge in [0.05, 0.1) is 0 Å². The first-order chi connectivity index (χ1) is 11.6. The Labute approximate surface area is 145 Å². The average Bonchev–Trinajstić information content (AvgIpc) is 2.93. The minimum atomic E-state index is 1.33. The van der Waals surface area contributed by atoms with Crippen LogP contribution < -0.4 is 0 Å². The monoisotopic (exact) mass is 326 g/mol. The molecule has 0 nitrogen and oxygen atoms in total. The van der Waals surface area contributed by atoms with Crippen molar-refractivity contribution < 1.29 is 0 Å². The second-order valence-electron chi connectivity index (χ2n) is 6.90. The van der Waals surface area contributed by atoms with E-state index in [2.05, 4.69) is 75.4 Å². The van der Waals surface area contributed by atoms with Gasteiger partial charge in [-0.25, -0.2) is 0 Å². The lowest BCUT2D eigenvalue weighted by atomic mass is 9.98. The molecule has 0 aliphatic heterocycles. The van der Waals surface area contributed by atoms with Gasteiger partial charge in [-0.3, -0.25) is 0 Å². The number of hydrogen-bond acceptors (Lipinski definition) is 1. The van der Waals surface area contributed by atoms with Gasteiger partial charge in [-0.05, 0) is 72.3 Å². The van der Waals surface area contributed by atoms with Gasteiger partial charge in [0.15, 0.2) is 0 Å². The van der Waals surface area contributed by atoms with E-state index in [9.17, 15) is 0 Å². The molecule has 0 spiro atoms. The van der Waals surface area contributed by atoms with Crippen molar-refractivity contribution in [2.45, 2.75) is 20.8 Å². The molecule has 5 rings (SSSR count). The zero-order chi connectivity index (χ0) is 16.4. The summed E-state index contributed by atoms with van der Waals surface area (Å²) in [6, 6.07) is 20.7. The first kappa shape index (κ1) is 14.0. The van der Waals surface area contributed by atoms with E-state index in [-0.39, 0.29) is 0 Å². The fourth-order valence-corrected chi connectivity index (χ4v) is 4.91. The maximum absolute atomic E-state index is 2.38. The van der Waals surface area contributed by atoms with E-state index in [0.29, 0.717) is 0 Å². The molecule has 0 radical (unpaired) electrons. The van der Waals surface area contributed by atoms with E-state index in [1.807, 2.05) is 11.3 Å². The van der Waals surface area contributed by atoms with Crippen molar-refractivity contribution in [1.82, 2.24) is 0 Å². The predicted octanol–water partition coefficient (Wildman–Crippen LogP) is 7.29. The largest absolute Gasteiger partial charge is 0.135 e. The lowest BCUT2D eigenvalue weighted by Crippen LogP contribution is -1.83. The summed E-state index contributed by atoms with van der Waals surface area (Å²) in [5, 5.41) is 8.16. The molecule has 1 heteroatoms. The van der Waals surface area contributed by atoms with Crippen LogP contribution in [0.4, 0.5) is 0 Å². The number of benzene rings is 4. The summed E-state index contributed by atoms with van der Waals surface area (Å²) in [4.78, 5) is 0. The third-order valence-corrected chi connectivity index (χ3v) is 6.40. The Bertz CT molecular complexity index is 1270. The number of rotatable bonds is 0. The highest BCUT2D eigenvalue weighted by Crippen LogP contribution is 2.40. The summed E-state index contributed by atoms with van der Waals surface area (Å²) in [6.07, 6.45) is 0. The molecule has 4 aromatic carbocycles. The Morgan fingerprint density at radius 3 is 2.12 bits per heavy atom. The number of aryl methyl sites for hydroxylation is 3. The normalized spacial score (nSPS) is 12.0. The molecular formula is C23H18S. The third-order valence-electron chi connectivity index (χ3n) is 5.18. The highest BCUT2D eigenvalue weighted by Gasteiger charge is 2.10. The predicted molar refractivity (Wildman–Crippen MR) is 109 cm³/mol. The van der Waals surface area contributed by atoms with Gasteiger partial charge in [-0.2, -0.15) is 0 Å². The summed E-state index contributed by atoms with van der Waals surface area (Å²) in [5.74, 6) is 0. The van der Waals surface area contributed by atoms with Crippen molar-refractivity contribution in [2.75, 3.05) is 0 Å². The molecule has 0 saturated heterocycles. The molecular weight excluding hydrogens is 308 g/mol. The van der Waals surface area contributed by atoms with Crippen molar-refractivity contribution in [1.29, 1.82) is 0 Å². The highest BCUT2D eigenvalue weighted by molar-refractivity contribution is 7.26. The van der Waals surface area contributed by atoms with E-state index in [4.69, 9.17) is 0 Å². The van der Waals surface area contributed by atoms with Crippen LogP contribution >= 0.6 is 11.3 Å².